The zero-order valence-electron chi connectivity index (χ0n) is 13.5. The van der Waals surface area contributed by atoms with Gasteiger partial charge in [-0.1, -0.05) is 29.8 Å². The SMILES string of the molecule is Cc1ccc(-c2ccc(/C=C(\C#N)C(=O)N3CCOCC3)o2)cc1. The molecule has 1 fully saturated rings. The van der Waals surface area contributed by atoms with Gasteiger partial charge in [0.25, 0.3) is 5.91 Å². The number of nitriles is 1. The van der Waals surface area contributed by atoms with Crippen LogP contribution in [0, 0.1) is 18.3 Å². The van der Waals surface area contributed by atoms with Crippen LogP contribution in [0.25, 0.3) is 17.4 Å². The molecule has 0 spiro atoms. The van der Waals surface area contributed by atoms with Crippen molar-refractivity contribution in [3.8, 4) is 17.4 Å². The van der Waals surface area contributed by atoms with E-state index in [2.05, 4.69) is 0 Å². The van der Waals surface area contributed by atoms with Crippen molar-refractivity contribution in [2.75, 3.05) is 26.3 Å². The Hall–Kier alpha value is -2.84. The largest absolute Gasteiger partial charge is 0.457 e. The van der Waals surface area contributed by atoms with Crippen LogP contribution in [0.2, 0.25) is 0 Å². The highest BCUT2D eigenvalue weighted by Crippen LogP contribution is 2.24. The molecule has 0 aliphatic carbocycles. The molecule has 122 valence electrons. The lowest BCUT2D eigenvalue weighted by Gasteiger charge is -2.26. The molecule has 5 nitrogen and oxygen atoms in total. The van der Waals surface area contributed by atoms with E-state index in [1.807, 2.05) is 43.3 Å². The zero-order chi connectivity index (χ0) is 16.9. The number of nitrogens with zero attached hydrogens (tertiary/aromatic N) is 2. The molecule has 0 N–H and O–H groups in total. The van der Waals surface area contributed by atoms with Gasteiger partial charge >= 0.3 is 0 Å². The van der Waals surface area contributed by atoms with Gasteiger partial charge in [-0.05, 0) is 19.1 Å². The summed E-state index contributed by atoms with van der Waals surface area (Å²) in [6, 6.07) is 13.5. The van der Waals surface area contributed by atoms with E-state index in [9.17, 15) is 10.1 Å². The summed E-state index contributed by atoms with van der Waals surface area (Å²) in [6.07, 6.45) is 1.50. The van der Waals surface area contributed by atoms with Gasteiger partial charge in [0, 0.05) is 24.7 Å². The fraction of sp³-hybridized carbons (Fsp3) is 0.263. The maximum Gasteiger partial charge on any atom is 0.264 e. The second-order valence-corrected chi connectivity index (χ2v) is 5.64. The first kappa shape index (κ1) is 16.0. The van der Waals surface area contributed by atoms with Gasteiger partial charge in [-0.15, -0.1) is 0 Å². The Morgan fingerprint density at radius 1 is 1.17 bits per heavy atom. The van der Waals surface area contributed by atoms with Crippen LogP contribution >= 0.6 is 0 Å². The van der Waals surface area contributed by atoms with Crippen molar-refractivity contribution in [2.24, 2.45) is 0 Å². The highest BCUT2D eigenvalue weighted by molar-refractivity contribution is 6.01. The lowest BCUT2D eigenvalue weighted by molar-refractivity contribution is -0.130. The fourth-order valence-electron chi connectivity index (χ4n) is 2.52. The van der Waals surface area contributed by atoms with Crippen LogP contribution in [-0.2, 0) is 9.53 Å². The van der Waals surface area contributed by atoms with E-state index >= 15 is 0 Å². The van der Waals surface area contributed by atoms with Crippen LogP contribution in [0.4, 0.5) is 0 Å². The van der Waals surface area contributed by atoms with Gasteiger partial charge in [0.2, 0.25) is 0 Å². The molecule has 1 saturated heterocycles. The van der Waals surface area contributed by atoms with Gasteiger partial charge in [0.1, 0.15) is 23.2 Å². The topological polar surface area (TPSA) is 66.5 Å². The third kappa shape index (κ3) is 3.55. The second-order valence-electron chi connectivity index (χ2n) is 5.64. The molecule has 0 bridgehead atoms. The van der Waals surface area contributed by atoms with Crippen LogP contribution in [0.5, 0.6) is 0 Å². The molecule has 0 unspecified atom stereocenters. The summed E-state index contributed by atoms with van der Waals surface area (Å²) in [5, 5.41) is 9.30. The van der Waals surface area contributed by atoms with Crippen LogP contribution < -0.4 is 0 Å². The maximum absolute atomic E-state index is 12.4. The van der Waals surface area contributed by atoms with Crippen molar-refractivity contribution in [3.63, 3.8) is 0 Å². The average Bonchev–Trinajstić information content (AvgIpc) is 3.09. The summed E-state index contributed by atoms with van der Waals surface area (Å²) in [7, 11) is 0. The van der Waals surface area contributed by atoms with E-state index in [0.717, 1.165) is 5.56 Å². The monoisotopic (exact) mass is 322 g/mol. The number of rotatable bonds is 3. The fourth-order valence-corrected chi connectivity index (χ4v) is 2.52. The zero-order valence-corrected chi connectivity index (χ0v) is 13.5. The second kappa shape index (κ2) is 7.16. The number of amides is 1. The molecule has 1 aliphatic rings. The number of carbonyl (C=O) groups excluding carboxylic acids is 1. The van der Waals surface area contributed by atoms with E-state index in [1.165, 1.54) is 11.6 Å². The standard InChI is InChI=1S/C19H18N2O3/c1-14-2-4-15(5-3-14)18-7-6-17(24-18)12-16(13-20)19(22)21-8-10-23-11-9-21/h2-7,12H,8-11H2,1H3/b16-12+. The third-order valence-electron chi connectivity index (χ3n) is 3.90. The van der Waals surface area contributed by atoms with E-state index in [-0.39, 0.29) is 11.5 Å². The van der Waals surface area contributed by atoms with Crippen molar-refractivity contribution in [3.05, 3.63) is 53.3 Å². The molecule has 1 aromatic carbocycles. The van der Waals surface area contributed by atoms with E-state index in [4.69, 9.17) is 9.15 Å². The normalized spacial score (nSPS) is 15.2. The summed E-state index contributed by atoms with van der Waals surface area (Å²) in [4.78, 5) is 14.0. The molecular weight excluding hydrogens is 304 g/mol. The summed E-state index contributed by atoms with van der Waals surface area (Å²) in [5.74, 6) is 0.912. The number of morpholine rings is 1. The summed E-state index contributed by atoms with van der Waals surface area (Å²) < 4.78 is 11.0. The first-order valence-electron chi connectivity index (χ1n) is 7.83. The van der Waals surface area contributed by atoms with Crippen molar-refractivity contribution in [2.45, 2.75) is 6.92 Å². The van der Waals surface area contributed by atoms with Crippen LogP contribution in [-0.4, -0.2) is 37.1 Å². The number of furan rings is 1. The van der Waals surface area contributed by atoms with Gasteiger partial charge in [-0.2, -0.15) is 5.26 Å². The summed E-state index contributed by atoms with van der Waals surface area (Å²) in [6.45, 7) is 4.04. The summed E-state index contributed by atoms with van der Waals surface area (Å²) >= 11 is 0. The Bertz CT molecular complexity index is 791. The minimum absolute atomic E-state index is 0.0710. The molecule has 5 heteroatoms. The molecule has 3 rings (SSSR count). The van der Waals surface area contributed by atoms with Gasteiger partial charge in [0.15, 0.2) is 0 Å². The Morgan fingerprint density at radius 3 is 2.54 bits per heavy atom. The van der Waals surface area contributed by atoms with Crippen LogP contribution in [0.15, 0.2) is 46.4 Å². The number of aryl methyl sites for hydroxylation is 1. The van der Waals surface area contributed by atoms with Gasteiger partial charge in [0.05, 0.1) is 13.2 Å². The van der Waals surface area contributed by atoms with Gasteiger partial charge in [-0.25, -0.2) is 0 Å². The molecule has 0 radical (unpaired) electrons. The van der Waals surface area contributed by atoms with Crippen molar-refractivity contribution in [1.29, 1.82) is 5.26 Å². The van der Waals surface area contributed by atoms with Gasteiger partial charge in [-0.3, -0.25) is 4.79 Å². The van der Waals surface area contributed by atoms with Crippen LogP contribution in [0.1, 0.15) is 11.3 Å². The average molecular weight is 322 g/mol. The third-order valence-corrected chi connectivity index (χ3v) is 3.90. The van der Waals surface area contributed by atoms with Crippen molar-refractivity contribution < 1.29 is 13.9 Å². The lowest BCUT2D eigenvalue weighted by Crippen LogP contribution is -2.41. The quantitative estimate of drug-likeness (QED) is 0.643. The predicted molar refractivity (Wildman–Crippen MR) is 89.9 cm³/mol. The highest BCUT2D eigenvalue weighted by atomic mass is 16.5. The number of carbonyl (C=O) groups is 1. The smallest absolute Gasteiger partial charge is 0.264 e. The van der Waals surface area contributed by atoms with E-state index in [1.54, 1.807) is 11.0 Å². The highest BCUT2D eigenvalue weighted by Gasteiger charge is 2.21. The minimum Gasteiger partial charge on any atom is -0.457 e. The molecule has 0 atom stereocenters. The maximum atomic E-state index is 12.4. The van der Waals surface area contributed by atoms with Gasteiger partial charge < -0.3 is 14.1 Å². The minimum atomic E-state index is -0.283. The number of benzene rings is 1. The number of hydrogen-bond donors (Lipinski definition) is 0. The molecular formula is C19H18N2O3. The molecule has 2 aromatic rings. The first-order chi connectivity index (χ1) is 11.7. The predicted octanol–water partition coefficient (Wildman–Crippen LogP) is 3.02. The van der Waals surface area contributed by atoms with Crippen molar-refractivity contribution >= 4 is 12.0 Å². The molecule has 0 saturated carbocycles. The van der Waals surface area contributed by atoms with Crippen molar-refractivity contribution in [1.82, 2.24) is 4.90 Å². The van der Waals surface area contributed by atoms with E-state index in [0.29, 0.717) is 37.8 Å². The molecule has 24 heavy (non-hydrogen) atoms. The Kier molecular flexibility index (Phi) is 4.78. The molecule has 1 amide bonds. The first-order valence-corrected chi connectivity index (χ1v) is 7.83. The Balaban J connectivity index is 1.80. The van der Waals surface area contributed by atoms with Crippen LogP contribution in [0.3, 0.4) is 0 Å². The summed E-state index contributed by atoms with van der Waals surface area (Å²) in [5.41, 5.74) is 2.20. The molecule has 1 aliphatic heterocycles. The number of ether oxygens (including phenoxy) is 1. The number of hydrogen-bond acceptors (Lipinski definition) is 4. The lowest BCUT2D eigenvalue weighted by atomic mass is 10.1. The molecule has 1 aromatic heterocycles. The van der Waals surface area contributed by atoms with E-state index < -0.39 is 0 Å². The Morgan fingerprint density at radius 2 is 1.88 bits per heavy atom. The molecule has 2 heterocycles. The Labute approximate surface area is 140 Å².